The molecule has 0 heterocycles. The first-order chi connectivity index (χ1) is 7.32. The number of carbonyl (C=O) groups excluding carboxylic acids is 1. The maximum atomic E-state index is 11.5. The predicted octanol–water partition coefficient (Wildman–Crippen LogP) is 2.17. The molecule has 0 rings (SSSR count). The number of ether oxygens (including phenoxy) is 1. The molecule has 1 N–H and O–H groups in total. The standard InChI is InChI=1S/C11H20O4S/c1-5-8(2)15-6-7-16-10(14)11(3,4)9(12)13/h8H,5-7H2,1-4H3,(H,12,13). The maximum absolute atomic E-state index is 11.5. The lowest BCUT2D eigenvalue weighted by molar-refractivity contribution is -0.149. The summed E-state index contributed by atoms with van der Waals surface area (Å²) in [4.78, 5) is 22.3. The summed E-state index contributed by atoms with van der Waals surface area (Å²) in [7, 11) is 0. The van der Waals surface area contributed by atoms with Crippen LogP contribution in [-0.2, 0) is 14.3 Å². The van der Waals surface area contributed by atoms with Crippen molar-refractivity contribution >= 4 is 22.8 Å². The van der Waals surface area contributed by atoms with Crippen LogP contribution >= 0.6 is 11.8 Å². The normalized spacial score (nSPS) is 13.5. The van der Waals surface area contributed by atoms with Gasteiger partial charge < -0.3 is 9.84 Å². The number of rotatable bonds is 7. The monoisotopic (exact) mass is 248 g/mol. The third-order valence-corrected chi connectivity index (χ3v) is 3.48. The van der Waals surface area contributed by atoms with E-state index in [2.05, 4.69) is 0 Å². The quantitative estimate of drug-likeness (QED) is 0.552. The van der Waals surface area contributed by atoms with E-state index in [0.29, 0.717) is 12.4 Å². The molecule has 0 aliphatic rings. The number of carbonyl (C=O) groups is 2. The molecule has 0 amide bonds. The lowest BCUT2D eigenvalue weighted by Gasteiger charge is -2.17. The molecule has 1 atom stereocenters. The Morgan fingerprint density at radius 2 is 2.00 bits per heavy atom. The molecule has 0 saturated carbocycles. The Morgan fingerprint density at radius 3 is 2.44 bits per heavy atom. The highest BCUT2D eigenvalue weighted by atomic mass is 32.2. The van der Waals surface area contributed by atoms with E-state index in [-0.39, 0.29) is 11.2 Å². The molecule has 0 bridgehead atoms. The van der Waals surface area contributed by atoms with E-state index in [4.69, 9.17) is 9.84 Å². The van der Waals surface area contributed by atoms with Crippen LogP contribution in [0.2, 0.25) is 0 Å². The van der Waals surface area contributed by atoms with Crippen LogP contribution in [0.3, 0.4) is 0 Å². The van der Waals surface area contributed by atoms with E-state index in [1.54, 1.807) is 0 Å². The van der Waals surface area contributed by atoms with Gasteiger partial charge in [-0.3, -0.25) is 9.59 Å². The van der Waals surface area contributed by atoms with Crippen LogP contribution in [-0.4, -0.2) is 34.7 Å². The predicted molar refractivity (Wildman–Crippen MR) is 64.6 cm³/mol. The summed E-state index contributed by atoms with van der Waals surface area (Å²) in [5, 5.41) is 8.50. The van der Waals surface area contributed by atoms with E-state index in [1.807, 2.05) is 13.8 Å². The van der Waals surface area contributed by atoms with Gasteiger partial charge in [-0.25, -0.2) is 0 Å². The Hall–Kier alpha value is -0.550. The molecule has 0 aliphatic heterocycles. The maximum Gasteiger partial charge on any atom is 0.317 e. The van der Waals surface area contributed by atoms with Crippen molar-refractivity contribution in [1.29, 1.82) is 0 Å². The highest BCUT2D eigenvalue weighted by Gasteiger charge is 2.35. The molecule has 16 heavy (non-hydrogen) atoms. The molecule has 4 nitrogen and oxygen atoms in total. The van der Waals surface area contributed by atoms with Crippen LogP contribution in [0.25, 0.3) is 0 Å². The molecule has 0 aromatic rings. The minimum Gasteiger partial charge on any atom is -0.480 e. The smallest absolute Gasteiger partial charge is 0.317 e. The van der Waals surface area contributed by atoms with Gasteiger partial charge in [-0.1, -0.05) is 18.7 Å². The number of carboxylic acid groups (broad SMARTS) is 1. The first-order valence-electron chi connectivity index (χ1n) is 5.34. The van der Waals surface area contributed by atoms with E-state index >= 15 is 0 Å². The van der Waals surface area contributed by atoms with Crippen LogP contribution in [0.5, 0.6) is 0 Å². The summed E-state index contributed by atoms with van der Waals surface area (Å²) < 4.78 is 5.39. The second-order valence-corrected chi connectivity index (χ2v) is 5.22. The van der Waals surface area contributed by atoms with Crippen molar-refractivity contribution in [3.63, 3.8) is 0 Å². The zero-order chi connectivity index (χ0) is 12.8. The highest BCUT2D eigenvalue weighted by Crippen LogP contribution is 2.24. The fourth-order valence-corrected chi connectivity index (χ4v) is 1.58. The fourth-order valence-electron chi connectivity index (χ4n) is 0.769. The van der Waals surface area contributed by atoms with Crippen molar-refractivity contribution < 1.29 is 19.4 Å². The molecule has 94 valence electrons. The molecule has 0 fully saturated rings. The molecule has 0 radical (unpaired) electrons. The van der Waals surface area contributed by atoms with Crippen LogP contribution in [0.15, 0.2) is 0 Å². The number of aliphatic carboxylic acids is 1. The van der Waals surface area contributed by atoms with E-state index < -0.39 is 11.4 Å². The first kappa shape index (κ1) is 15.4. The summed E-state index contributed by atoms with van der Waals surface area (Å²) in [6, 6.07) is 0. The lowest BCUT2D eigenvalue weighted by atomic mass is 9.96. The topological polar surface area (TPSA) is 63.6 Å². The van der Waals surface area contributed by atoms with Gasteiger partial charge in [0.1, 0.15) is 5.41 Å². The number of hydrogen-bond donors (Lipinski definition) is 1. The van der Waals surface area contributed by atoms with Gasteiger partial charge in [0, 0.05) is 5.75 Å². The summed E-state index contributed by atoms with van der Waals surface area (Å²) in [5.74, 6) is -0.590. The number of hydrogen-bond acceptors (Lipinski definition) is 4. The Bertz CT molecular complexity index is 250. The first-order valence-corrected chi connectivity index (χ1v) is 6.33. The zero-order valence-electron chi connectivity index (χ0n) is 10.3. The highest BCUT2D eigenvalue weighted by molar-refractivity contribution is 8.13. The lowest BCUT2D eigenvalue weighted by Crippen LogP contribution is -2.31. The van der Waals surface area contributed by atoms with Crippen LogP contribution in [0, 0.1) is 5.41 Å². The molecular weight excluding hydrogens is 228 g/mol. The Labute approximate surface area is 101 Å². The van der Waals surface area contributed by atoms with Crippen molar-refractivity contribution in [2.75, 3.05) is 12.4 Å². The molecule has 1 unspecified atom stereocenters. The second-order valence-electron chi connectivity index (χ2n) is 4.16. The molecule has 0 spiro atoms. The van der Waals surface area contributed by atoms with E-state index in [1.165, 1.54) is 13.8 Å². The molecular formula is C11H20O4S. The molecule has 0 saturated heterocycles. The van der Waals surface area contributed by atoms with Crippen molar-refractivity contribution in [2.45, 2.75) is 40.2 Å². The van der Waals surface area contributed by atoms with Gasteiger partial charge in [-0.15, -0.1) is 0 Å². The Balaban J connectivity index is 3.87. The largest absolute Gasteiger partial charge is 0.480 e. The molecule has 0 aliphatic carbocycles. The SMILES string of the molecule is CCC(C)OCCSC(=O)C(C)(C)C(=O)O. The summed E-state index contributed by atoms with van der Waals surface area (Å²) >= 11 is 1.02. The summed E-state index contributed by atoms with van der Waals surface area (Å²) in [6.45, 7) is 7.30. The third-order valence-electron chi connectivity index (χ3n) is 2.34. The molecule has 0 aromatic heterocycles. The Morgan fingerprint density at radius 1 is 1.44 bits per heavy atom. The average Bonchev–Trinajstić information content (AvgIpc) is 2.23. The van der Waals surface area contributed by atoms with Crippen LogP contribution in [0.4, 0.5) is 0 Å². The van der Waals surface area contributed by atoms with Gasteiger partial charge in [-0.05, 0) is 27.2 Å². The fraction of sp³-hybridized carbons (Fsp3) is 0.818. The van der Waals surface area contributed by atoms with Gasteiger partial charge in [0.25, 0.3) is 0 Å². The van der Waals surface area contributed by atoms with Crippen molar-refractivity contribution in [1.82, 2.24) is 0 Å². The summed E-state index contributed by atoms with van der Waals surface area (Å²) in [6.07, 6.45) is 1.11. The van der Waals surface area contributed by atoms with Crippen molar-refractivity contribution in [3.05, 3.63) is 0 Å². The van der Waals surface area contributed by atoms with Gasteiger partial charge in [0.05, 0.1) is 12.7 Å². The van der Waals surface area contributed by atoms with Gasteiger partial charge in [0.15, 0.2) is 0 Å². The zero-order valence-corrected chi connectivity index (χ0v) is 11.1. The average molecular weight is 248 g/mol. The van der Waals surface area contributed by atoms with Crippen molar-refractivity contribution in [3.8, 4) is 0 Å². The number of carboxylic acids is 1. The second kappa shape index (κ2) is 6.91. The van der Waals surface area contributed by atoms with Crippen LogP contribution in [0.1, 0.15) is 34.1 Å². The van der Waals surface area contributed by atoms with E-state index in [0.717, 1.165) is 18.2 Å². The van der Waals surface area contributed by atoms with E-state index in [9.17, 15) is 9.59 Å². The minimum absolute atomic E-state index is 0.184. The third kappa shape index (κ3) is 4.99. The molecule has 5 heteroatoms. The van der Waals surface area contributed by atoms with Gasteiger partial charge in [-0.2, -0.15) is 0 Å². The molecule has 0 aromatic carbocycles. The minimum atomic E-state index is -1.32. The summed E-state index contributed by atoms with van der Waals surface area (Å²) in [5.41, 5.74) is -1.32. The van der Waals surface area contributed by atoms with Gasteiger partial charge in [0.2, 0.25) is 5.12 Å². The Kier molecular flexibility index (Phi) is 6.67. The van der Waals surface area contributed by atoms with Gasteiger partial charge >= 0.3 is 5.97 Å². The van der Waals surface area contributed by atoms with Crippen molar-refractivity contribution in [2.24, 2.45) is 5.41 Å². The van der Waals surface area contributed by atoms with Crippen LogP contribution < -0.4 is 0 Å². The number of thioether (sulfide) groups is 1.